The Balaban J connectivity index is 1.90. The van der Waals surface area contributed by atoms with Crippen LogP contribution in [0.4, 0.5) is 20.2 Å². The van der Waals surface area contributed by atoms with Gasteiger partial charge in [0.25, 0.3) is 6.43 Å². The van der Waals surface area contributed by atoms with Gasteiger partial charge in [-0.1, -0.05) is 0 Å². The largest absolute Gasteiger partial charge is 0.377 e. The Morgan fingerprint density at radius 3 is 2.28 bits per heavy atom. The minimum Gasteiger partial charge on any atom is -0.377 e. The predicted octanol–water partition coefficient (Wildman–Crippen LogP) is 3.10. The van der Waals surface area contributed by atoms with Gasteiger partial charge >= 0.3 is 0 Å². The van der Waals surface area contributed by atoms with Crippen molar-refractivity contribution in [2.75, 3.05) is 10.6 Å². The van der Waals surface area contributed by atoms with Gasteiger partial charge in [-0.2, -0.15) is 0 Å². The summed E-state index contributed by atoms with van der Waals surface area (Å²) in [5, 5.41) is 5.49. The van der Waals surface area contributed by atoms with Gasteiger partial charge in [-0.05, 0) is 44.0 Å². The van der Waals surface area contributed by atoms with Crippen LogP contribution in [0.2, 0.25) is 0 Å². The van der Waals surface area contributed by atoms with Crippen LogP contribution >= 0.6 is 0 Å². The van der Waals surface area contributed by atoms with Gasteiger partial charge in [-0.15, -0.1) is 0 Å². The van der Waals surface area contributed by atoms with Crippen molar-refractivity contribution in [3.63, 3.8) is 0 Å². The summed E-state index contributed by atoms with van der Waals surface area (Å²) >= 11 is 0. The predicted molar refractivity (Wildman–Crippen MR) is 66.9 cm³/mol. The quantitative estimate of drug-likeness (QED) is 0.847. The molecular formula is C13H16F2N2O. The molecule has 1 aliphatic rings. The molecule has 0 bridgehead atoms. The molecule has 5 heteroatoms. The number of halogens is 2. The monoisotopic (exact) mass is 254 g/mol. The topological polar surface area (TPSA) is 41.1 Å². The average molecular weight is 254 g/mol. The Labute approximate surface area is 105 Å². The van der Waals surface area contributed by atoms with Crippen LogP contribution in [0.5, 0.6) is 0 Å². The standard InChI is InChI=1S/C13H16F2N2O/c1-8(12(14)15)16-10-4-6-11(7-5-10)17-13(18)9-2-3-9/h4-9,12,16H,2-3H2,1H3,(H,17,18). The van der Waals surface area contributed by atoms with Crippen LogP contribution in [0.15, 0.2) is 24.3 Å². The van der Waals surface area contributed by atoms with E-state index in [-0.39, 0.29) is 11.8 Å². The first-order valence-corrected chi connectivity index (χ1v) is 6.02. The van der Waals surface area contributed by atoms with E-state index < -0.39 is 12.5 Å². The van der Waals surface area contributed by atoms with E-state index in [0.29, 0.717) is 11.4 Å². The van der Waals surface area contributed by atoms with E-state index in [1.165, 1.54) is 6.92 Å². The summed E-state index contributed by atoms with van der Waals surface area (Å²) in [6.45, 7) is 1.42. The molecule has 0 spiro atoms. The molecular weight excluding hydrogens is 238 g/mol. The fourth-order valence-corrected chi connectivity index (χ4v) is 1.57. The Bertz CT molecular complexity index is 416. The molecule has 0 saturated heterocycles. The van der Waals surface area contributed by atoms with E-state index in [9.17, 15) is 13.6 Å². The highest BCUT2D eigenvalue weighted by Gasteiger charge is 2.29. The van der Waals surface area contributed by atoms with Crippen LogP contribution in [0.3, 0.4) is 0 Å². The van der Waals surface area contributed by atoms with Gasteiger partial charge in [0.05, 0.1) is 6.04 Å². The molecule has 3 nitrogen and oxygen atoms in total. The molecule has 1 aromatic carbocycles. The smallest absolute Gasteiger partial charge is 0.258 e. The zero-order valence-electron chi connectivity index (χ0n) is 10.1. The van der Waals surface area contributed by atoms with Crippen LogP contribution in [0.25, 0.3) is 0 Å². The van der Waals surface area contributed by atoms with Gasteiger partial charge in [0.2, 0.25) is 5.91 Å². The number of amides is 1. The lowest BCUT2D eigenvalue weighted by molar-refractivity contribution is -0.117. The minimum atomic E-state index is -2.40. The van der Waals surface area contributed by atoms with Crippen molar-refractivity contribution in [1.29, 1.82) is 0 Å². The summed E-state index contributed by atoms with van der Waals surface area (Å²) in [5.74, 6) is 0.193. The maximum absolute atomic E-state index is 12.3. The molecule has 1 unspecified atom stereocenters. The molecule has 1 atom stereocenters. The van der Waals surface area contributed by atoms with Gasteiger partial charge in [-0.25, -0.2) is 8.78 Å². The maximum Gasteiger partial charge on any atom is 0.258 e. The summed E-state index contributed by atoms with van der Waals surface area (Å²) in [7, 11) is 0. The molecule has 18 heavy (non-hydrogen) atoms. The third-order valence-electron chi connectivity index (χ3n) is 2.87. The number of carbonyl (C=O) groups excluding carboxylic acids is 1. The van der Waals surface area contributed by atoms with Crippen molar-refractivity contribution in [2.24, 2.45) is 5.92 Å². The van der Waals surface area contributed by atoms with Crippen LogP contribution in [0.1, 0.15) is 19.8 Å². The van der Waals surface area contributed by atoms with Crippen LogP contribution in [-0.2, 0) is 4.79 Å². The summed E-state index contributed by atoms with van der Waals surface area (Å²) in [6, 6.07) is 5.89. The number of carbonyl (C=O) groups is 1. The molecule has 1 aliphatic carbocycles. The molecule has 0 aromatic heterocycles. The highest BCUT2D eigenvalue weighted by atomic mass is 19.3. The molecule has 1 amide bonds. The summed E-state index contributed by atoms with van der Waals surface area (Å²) in [6.07, 6.45) is -0.492. The molecule has 0 aliphatic heterocycles. The molecule has 2 N–H and O–H groups in total. The first kappa shape index (κ1) is 12.8. The molecule has 1 aromatic rings. The van der Waals surface area contributed by atoms with E-state index in [1.54, 1.807) is 24.3 Å². The molecule has 98 valence electrons. The van der Waals surface area contributed by atoms with Crippen LogP contribution < -0.4 is 10.6 Å². The zero-order chi connectivity index (χ0) is 13.1. The fraction of sp³-hybridized carbons (Fsp3) is 0.462. The number of hydrogen-bond acceptors (Lipinski definition) is 2. The Morgan fingerprint density at radius 2 is 1.78 bits per heavy atom. The lowest BCUT2D eigenvalue weighted by atomic mass is 10.2. The lowest BCUT2D eigenvalue weighted by Crippen LogP contribution is -2.23. The highest BCUT2D eigenvalue weighted by Crippen LogP contribution is 2.30. The van der Waals surface area contributed by atoms with Gasteiger partial charge in [0.1, 0.15) is 0 Å². The van der Waals surface area contributed by atoms with Crippen LogP contribution in [0, 0.1) is 5.92 Å². The van der Waals surface area contributed by atoms with E-state index in [1.807, 2.05) is 0 Å². The number of benzene rings is 1. The van der Waals surface area contributed by atoms with Crippen LogP contribution in [-0.4, -0.2) is 18.4 Å². The first-order chi connectivity index (χ1) is 8.56. The number of nitrogens with one attached hydrogen (secondary N) is 2. The van der Waals surface area contributed by atoms with E-state index in [2.05, 4.69) is 10.6 Å². The van der Waals surface area contributed by atoms with Gasteiger partial charge in [0, 0.05) is 17.3 Å². The van der Waals surface area contributed by atoms with Gasteiger partial charge in [0.15, 0.2) is 0 Å². The Morgan fingerprint density at radius 1 is 1.22 bits per heavy atom. The normalized spacial score (nSPS) is 16.4. The van der Waals surface area contributed by atoms with E-state index in [0.717, 1.165) is 12.8 Å². The SMILES string of the molecule is CC(Nc1ccc(NC(=O)C2CC2)cc1)C(F)F. The van der Waals surface area contributed by atoms with Gasteiger partial charge in [-0.3, -0.25) is 4.79 Å². The molecule has 2 rings (SSSR count). The molecule has 0 radical (unpaired) electrons. The van der Waals surface area contributed by atoms with Gasteiger partial charge < -0.3 is 10.6 Å². The summed E-state index contributed by atoms with van der Waals surface area (Å²) in [5.41, 5.74) is 1.31. The second kappa shape index (κ2) is 5.33. The minimum absolute atomic E-state index is 0.0386. The summed E-state index contributed by atoms with van der Waals surface area (Å²) < 4.78 is 24.7. The Hall–Kier alpha value is -1.65. The molecule has 1 saturated carbocycles. The van der Waals surface area contributed by atoms with Crippen molar-refractivity contribution >= 4 is 17.3 Å². The van der Waals surface area contributed by atoms with E-state index >= 15 is 0 Å². The number of rotatable bonds is 5. The van der Waals surface area contributed by atoms with Crippen molar-refractivity contribution in [1.82, 2.24) is 0 Å². The molecule has 1 fully saturated rings. The van der Waals surface area contributed by atoms with Crippen molar-refractivity contribution < 1.29 is 13.6 Å². The number of anilines is 2. The molecule has 0 heterocycles. The zero-order valence-corrected chi connectivity index (χ0v) is 10.1. The van der Waals surface area contributed by atoms with Crippen molar-refractivity contribution in [3.8, 4) is 0 Å². The second-order valence-corrected chi connectivity index (χ2v) is 4.61. The first-order valence-electron chi connectivity index (χ1n) is 6.02. The number of alkyl halides is 2. The Kier molecular flexibility index (Phi) is 3.79. The second-order valence-electron chi connectivity index (χ2n) is 4.61. The highest BCUT2D eigenvalue weighted by molar-refractivity contribution is 5.94. The maximum atomic E-state index is 12.3. The van der Waals surface area contributed by atoms with Crippen molar-refractivity contribution in [3.05, 3.63) is 24.3 Å². The third kappa shape index (κ3) is 3.42. The van der Waals surface area contributed by atoms with Crippen molar-refractivity contribution in [2.45, 2.75) is 32.2 Å². The lowest BCUT2D eigenvalue weighted by Gasteiger charge is -2.14. The summed E-state index contributed by atoms with van der Waals surface area (Å²) in [4.78, 5) is 11.5. The average Bonchev–Trinajstić information content (AvgIpc) is 3.15. The van der Waals surface area contributed by atoms with E-state index in [4.69, 9.17) is 0 Å². The third-order valence-corrected chi connectivity index (χ3v) is 2.87. The fourth-order valence-electron chi connectivity index (χ4n) is 1.57. The number of hydrogen-bond donors (Lipinski definition) is 2.